The number of hydrogen-bond acceptors (Lipinski definition) is 4. The summed E-state index contributed by atoms with van der Waals surface area (Å²) in [7, 11) is 0. The number of benzene rings is 1. The van der Waals surface area contributed by atoms with Gasteiger partial charge in [-0.15, -0.1) is 11.3 Å². The predicted molar refractivity (Wildman–Crippen MR) is 79.2 cm³/mol. The number of H-pyrrole nitrogens is 1. The molecular formula is C14H10N2O4S. The van der Waals surface area contributed by atoms with Crippen molar-refractivity contribution >= 4 is 28.2 Å². The molecule has 0 saturated heterocycles. The van der Waals surface area contributed by atoms with Crippen molar-refractivity contribution < 1.29 is 9.90 Å². The molecule has 6 nitrogen and oxygen atoms in total. The molecule has 0 aliphatic heterocycles. The van der Waals surface area contributed by atoms with Crippen molar-refractivity contribution in [3.63, 3.8) is 0 Å². The highest BCUT2D eigenvalue weighted by molar-refractivity contribution is 7.09. The molecule has 0 radical (unpaired) electrons. The molecule has 2 heterocycles. The van der Waals surface area contributed by atoms with Gasteiger partial charge in [0.15, 0.2) is 0 Å². The number of hydrogen-bond donors (Lipinski definition) is 2. The van der Waals surface area contributed by atoms with Gasteiger partial charge in [0.05, 0.1) is 23.0 Å². The van der Waals surface area contributed by atoms with E-state index < -0.39 is 17.2 Å². The summed E-state index contributed by atoms with van der Waals surface area (Å²) >= 11 is 1.46. The monoisotopic (exact) mass is 302 g/mol. The van der Waals surface area contributed by atoms with E-state index in [-0.39, 0.29) is 23.0 Å². The third-order valence-corrected chi connectivity index (χ3v) is 3.98. The Labute approximate surface area is 121 Å². The van der Waals surface area contributed by atoms with Gasteiger partial charge < -0.3 is 10.1 Å². The minimum absolute atomic E-state index is 0.0218. The maximum absolute atomic E-state index is 12.4. The Morgan fingerprint density at radius 3 is 2.76 bits per heavy atom. The van der Waals surface area contributed by atoms with Crippen molar-refractivity contribution in [3.8, 4) is 0 Å². The van der Waals surface area contributed by atoms with Gasteiger partial charge in [-0.1, -0.05) is 6.07 Å². The summed E-state index contributed by atoms with van der Waals surface area (Å²) in [6, 6.07) is 7.74. The molecule has 0 atom stereocenters. The Hall–Kier alpha value is -2.67. The van der Waals surface area contributed by atoms with E-state index >= 15 is 0 Å². The molecule has 1 aromatic carbocycles. The van der Waals surface area contributed by atoms with Crippen LogP contribution >= 0.6 is 11.3 Å². The van der Waals surface area contributed by atoms with Crippen molar-refractivity contribution in [2.45, 2.75) is 6.54 Å². The first-order valence-electron chi connectivity index (χ1n) is 6.09. The number of rotatable bonds is 3. The summed E-state index contributed by atoms with van der Waals surface area (Å²) in [4.78, 5) is 38.8. The van der Waals surface area contributed by atoms with E-state index in [2.05, 4.69) is 4.98 Å². The van der Waals surface area contributed by atoms with Crippen LogP contribution in [0.2, 0.25) is 0 Å². The number of thiophene rings is 1. The highest BCUT2D eigenvalue weighted by Gasteiger charge is 2.11. The fourth-order valence-electron chi connectivity index (χ4n) is 2.09. The van der Waals surface area contributed by atoms with E-state index in [1.54, 1.807) is 0 Å². The van der Waals surface area contributed by atoms with Crippen LogP contribution in [0, 0.1) is 0 Å². The fraction of sp³-hybridized carbons (Fsp3) is 0.0714. The van der Waals surface area contributed by atoms with Crippen LogP contribution < -0.4 is 11.2 Å². The Bertz CT molecular complexity index is 938. The first-order valence-corrected chi connectivity index (χ1v) is 6.97. The molecule has 3 aromatic rings. The Balaban J connectivity index is 2.20. The van der Waals surface area contributed by atoms with Crippen molar-refractivity contribution in [2.24, 2.45) is 0 Å². The number of aromatic amines is 1. The fourth-order valence-corrected chi connectivity index (χ4v) is 2.78. The number of carboxylic acids is 1. The van der Waals surface area contributed by atoms with Crippen LogP contribution in [0.3, 0.4) is 0 Å². The number of carbonyl (C=O) groups is 1. The maximum atomic E-state index is 12.4. The zero-order chi connectivity index (χ0) is 15.0. The number of nitrogens with zero attached hydrogens (tertiary/aromatic N) is 1. The van der Waals surface area contributed by atoms with Gasteiger partial charge >= 0.3 is 11.7 Å². The highest BCUT2D eigenvalue weighted by Crippen LogP contribution is 2.11. The minimum Gasteiger partial charge on any atom is -0.478 e. The lowest BCUT2D eigenvalue weighted by Gasteiger charge is -2.05. The summed E-state index contributed by atoms with van der Waals surface area (Å²) in [5.41, 5.74) is -0.733. The number of aromatic nitrogens is 2. The number of nitrogens with one attached hydrogen (secondary N) is 1. The minimum atomic E-state index is -1.11. The van der Waals surface area contributed by atoms with Gasteiger partial charge in [0, 0.05) is 4.88 Å². The van der Waals surface area contributed by atoms with Crippen LogP contribution in [-0.4, -0.2) is 20.6 Å². The lowest BCUT2D eigenvalue weighted by atomic mass is 10.1. The van der Waals surface area contributed by atoms with E-state index in [0.29, 0.717) is 0 Å². The number of aromatic carboxylic acids is 1. The lowest BCUT2D eigenvalue weighted by molar-refractivity contribution is 0.0697. The number of carboxylic acid groups (broad SMARTS) is 1. The first-order chi connectivity index (χ1) is 10.1. The lowest BCUT2D eigenvalue weighted by Crippen LogP contribution is -2.35. The van der Waals surface area contributed by atoms with E-state index in [4.69, 9.17) is 5.11 Å². The molecule has 0 spiro atoms. The summed E-state index contributed by atoms with van der Waals surface area (Å²) in [6.07, 6.45) is 0. The van der Waals surface area contributed by atoms with Crippen molar-refractivity contribution in [1.29, 1.82) is 0 Å². The molecule has 0 unspecified atom stereocenters. The molecule has 7 heteroatoms. The Morgan fingerprint density at radius 2 is 2.10 bits per heavy atom. The SMILES string of the molecule is O=C(O)c1ccc2c(=O)n(Cc3cccs3)c(=O)[nH]c2c1. The molecule has 0 saturated carbocycles. The molecule has 2 N–H and O–H groups in total. The molecule has 21 heavy (non-hydrogen) atoms. The second-order valence-electron chi connectivity index (χ2n) is 4.47. The van der Waals surface area contributed by atoms with Gasteiger partial charge in [-0.2, -0.15) is 0 Å². The summed E-state index contributed by atoms with van der Waals surface area (Å²) in [5, 5.41) is 11.1. The second-order valence-corrected chi connectivity index (χ2v) is 5.50. The molecule has 0 amide bonds. The molecule has 2 aromatic heterocycles. The Morgan fingerprint density at radius 1 is 1.29 bits per heavy atom. The highest BCUT2D eigenvalue weighted by atomic mass is 32.1. The summed E-state index contributed by atoms with van der Waals surface area (Å²) in [6.45, 7) is 0.197. The van der Waals surface area contributed by atoms with Gasteiger partial charge in [-0.25, -0.2) is 9.59 Å². The van der Waals surface area contributed by atoms with E-state index in [9.17, 15) is 14.4 Å². The molecule has 0 fully saturated rings. The molecular weight excluding hydrogens is 292 g/mol. The molecule has 106 valence electrons. The average Bonchev–Trinajstić information content (AvgIpc) is 2.95. The van der Waals surface area contributed by atoms with Crippen LogP contribution in [0.5, 0.6) is 0 Å². The zero-order valence-corrected chi connectivity index (χ0v) is 11.5. The average molecular weight is 302 g/mol. The normalized spacial score (nSPS) is 10.9. The standard InChI is InChI=1S/C14H10N2O4S/c17-12-10-4-3-8(13(18)19)6-11(10)15-14(20)16(12)7-9-2-1-5-21-9/h1-6H,7H2,(H,15,20)(H,18,19). The zero-order valence-electron chi connectivity index (χ0n) is 10.7. The van der Waals surface area contributed by atoms with Crippen LogP contribution in [0.4, 0.5) is 0 Å². The maximum Gasteiger partial charge on any atom is 0.335 e. The van der Waals surface area contributed by atoms with Gasteiger partial charge in [0.1, 0.15) is 0 Å². The van der Waals surface area contributed by atoms with Gasteiger partial charge in [0.2, 0.25) is 0 Å². The predicted octanol–water partition coefficient (Wildman–Crippen LogP) is 1.50. The molecule has 3 rings (SSSR count). The van der Waals surface area contributed by atoms with Gasteiger partial charge in [-0.3, -0.25) is 9.36 Å². The van der Waals surface area contributed by atoms with Crippen molar-refractivity contribution in [1.82, 2.24) is 9.55 Å². The van der Waals surface area contributed by atoms with Gasteiger partial charge in [0.25, 0.3) is 5.56 Å². The van der Waals surface area contributed by atoms with Crippen LogP contribution in [-0.2, 0) is 6.54 Å². The van der Waals surface area contributed by atoms with E-state index in [0.717, 1.165) is 9.44 Å². The van der Waals surface area contributed by atoms with Crippen molar-refractivity contribution in [2.75, 3.05) is 0 Å². The second kappa shape index (κ2) is 5.02. The third kappa shape index (κ3) is 2.38. The smallest absolute Gasteiger partial charge is 0.335 e. The molecule has 0 aliphatic rings. The third-order valence-electron chi connectivity index (χ3n) is 3.12. The van der Waals surface area contributed by atoms with Crippen molar-refractivity contribution in [3.05, 3.63) is 67.0 Å². The first kappa shape index (κ1) is 13.3. The molecule has 0 aliphatic carbocycles. The largest absolute Gasteiger partial charge is 0.478 e. The quantitative estimate of drug-likeness (QED) is 0.767. The van der Waals surface area contributed by atoms with E-state index in [1.807, 2.05) is 17.5 Å². The topological polar surface area (TPSA) is 92.2 Å². The summed E-state index contributed by atoms with van der Waals surface area (Å²) in [5.74, 6) is -1.11. The number of fused-ring (bicyclic) bond motifs is 1. The van der Waals surface area contributed by atoms with E-state index in [1.165, 1.54) is 29.5 Å². The van der Waals surface area contributed by atoms with Crippen LogP contribution in [0.15, 0.2) is 45.3 Å². The summed E-state index contributed by atoms with van der Waals surface area (Å²) < 4.78 is 1.11. The Kier molecular flexibility index (Phi) is 3.19. The molecule has 0 bridgehead atoms. The van der Waals surface area contributed by atoms with Crippen LogP contribution in [0.1, 0.15) is 15.2 Å². The van der Waals surface area contributed by atoms with Crippen LogP contribution in [0.25, 0.3) is 10.9 Å². The van der Waals surface area contributed by atoms with Gasteiger partial charge in [-0.05, 0) is 29.6 Å².